The Kier molecular flexibility index (Phi) is 8.67. The number of nitrogens with zero attached hydrogens (tertiary/aromatic N) is 1. The van der Waals surface area contributed by atoms with Crippen LogP contribution < -0.4 is 10.1 Å². The van der Waals surface area contributed by atoms with Gasteiger partial charge in [-0.25, -0.2) is 0 Å². The predicted octanol–water partition coefficient (Wildman–Crippen LogP) is 3.99. The van der Waals surface area contributed by atoms with Gasteiger partial charge >= 0.3 is 0 Å². The van der Waals surface area contributed by atoms with Gasteiger partial charge in [-0.3, -0.25) is 9.59 Å². The minimum atomic E-state index is -0.579. The van der Waals surface area contributed by atoms with Crippen molar-refractivity contribution in [3.8, 4) is 5.75 Å². The van der Waals surface area contributed by atoms with Gasteiger partial charge in [0.05, 0.1) is 12.9 Å². The first-order valence-electron chi connectivity index (χ1n) is 9.03. The molecule has 2 aromatic rings. The quantitative estimate of drug-likeness (QED) is 0.623. The van der Waals surface area contributed by atoms with Gasteiger partial charge in [0.25, 0.3) is 0 Å². The van der Waals surface area contributed by atoms with Crippen LogP contribution in [-0.4, -0.2) is 42.2 Å². The number of hydrogen-bond acceptors (Lipinski definition) is 4. The summed E-state index contributed by atoms with van der Waals surface area (Å²) in [6.45, 7) is 4.45. The number of nitrogens with one attached hydrogen (secondary N) is 1. The molecule has 0 aliphatic heterocycles. The number of rotatable bonds is 9. The van der Waals surface area contributed by atoms with Crippen LogP contribution in [0.15, 0.2) is 53.4 Å². The molecule has 150 valence electrons. The number of ether oxygens (including phenoxy) is 1. The predicted molar refractivity (Wildman–Crippen MR) is 114 cm³/mol. The molecule has 0 aromatic heterocycles. The molecule has 1 N–H and O–H groups in total. The Bertz CT molecular complexity index is 798. The molecular weight excluding hydrogens is 396 g/mol. The second-order valence-corrected chi connectivity index (χ2v) is 7.67. The van der Waals surface area contributed by atoms with Crippen molar-refractivity contribution < 1.29 is 14.3 Å². The lowest BCUT2D eigenvalue weighted by atomic mass is 10.1. The minimum absolute atomic E-state index is 0.110. The first-order chi connectivity index (χ1) is 13.4. The summed E-state index contributed by atoms with van der Waals surface area (Å²) in [5.74, 6) is 0.665. The lowest BCUT2D eigenvalue weighted by Gasteiger charge is -2.28. The number of thioether (sulfide) groups is 1. The zero-order valence-electron chi connectivity index (χ0n) is 16.3. The van der Waals surface area contributed by atoms with E-state index >= 15 is 0 Å². The summed E-state index contributed by atoms with van der Waals surface area (Å²) in [5, 5.41) is 3.44. The molecule has 2 amide bonds. The first kappa shape index (κ1) is 22.1. The fourth-order valence-electron chi connectivity index (χ4n) is 2.63. The number of amides is 2. The lowest BCUT2D eigenvalue weighted by Crippen LogP contribution is -2.48. The van der Waals surface area contributed by atoms with Crippen LogP contribution in [0.2, 0.25) is 5.02 Å². The number of carbonyl (C=O) groups is 2. The molecule has 0 aliphatic rings. The van der Waals surface area contributed by atoms with E-state index in [1.165, 1.54) is 11.8 Å². The van der Waals surface area contributed by atoms with Crippen molar-refractivity contribution >= 4 is 35.2 Å². The summed E-state index contributed by atoms with van der Waals surface area (Å²) in [5.41, 5.74) is 0.903. The SMILES string of the molecule is CCNC(=O)[C@@H](C)N(Cc1cccc(OC)c1)C(=O)CSc1ccc(Cl)cc1. The van der Waals surface area contributed by atoms with Crippen LogP contribution >= 0.6 is 23.4 Å². The Morgan fingerprint density at radius 2 is 1.93 bits per heavy atom. The normalized spacial score (nSPS) is 11.6. The average Bonchev–Trinajstić information content (AvgIpc) is 2.71. The number of methoxy groups -OCH3 is 1. The van der Waals surface area contributed by atoms with Gasteiger partial charge in [-0.2, -0.15) is 0 Å². The Balaban J connectivity index is 2.14. The zero-order chi connectivity index (χ0) is 20.5. The highest BCUT2D eigenvalue weighted by atomic mass is 35.5. The Morgan fingerprint density at radius 1 is 1.21 bits per heavy atom. The summed E-state index contributed by atoms with van der Waals surface area (Å²) < 4.78 is 5.26. The largest absolute Gasteiger partial charge is 0.497 e. The third-order valence-corrected chi connectivity index (χ3v) is 5.43. The van der Waals surface area contributed by atoms with Gasteiger partial charge in [0.15, 0.2) is 0 Å². The smallest absolute Gasteiger partial charge is 0.242 e. The van der Waals surface area contributed by atoms with Gasteiger partial charge in [0.2, 0.25) is 11.8 Å². The van der Waals surface area contributed by atoms with Crippen molar-refractivity contribution in [1.82, 2.24) is 10.2 Å². The molecule has 0 fully saturated rings. The van der Waals surface area contributed by atoms with E-state index in [9.17, 15) is 9.59 Å². The fraction of sp³-hybridized carbons (Fsp3) is 0.333. The van der Waals surface area contributed by atoms with Crippen LogP contribution in [0, 0.1) is 0 Å². The Morgan fingerprint density at radius 3 is 2.57 bits per heavy atom. The molecule has 0 heterocycles. The summed E-state index contributed by atoms with van der Waals surface area (Å²) in [6, 6.07) is 14.3. The van der Waals surface area contributed by atoms with Gasteiger partial charge in [0, 0.05) is 23.0 Å². The summed E-state index contributed by atoms with van der Waals surface area (Å²) in [6.07, 6.45) is 0. The van der Waals surface area contributed by atoms with E-state index in [1.54, 1.807) is 31.1 Å². The van der Waals surface area contributed by atoms with E-state index in [0.29, 0.717) is 23.9 Å². The number of carbonyl (C=O) groups excluding carboxylic acids is 2. The van der Waals surface area contributed by atoms with Crippen LogP contribution in [-0.2, 0) is 16.1 Å². The maximum Gasteiger partial charge on any atom is 0.242 e. The van der Waals surface area contributed by atoms with Crippen molar-refractivity contribution in [1.29, 1.82) is 0 Å². The minimum Gasteiger partial charge on any atom is -0.497 e. The molecule has 2 aromatic carbocycles. The standard InChI is InChI=1S/C21H25ClN2O3S/c1-4-23-21(26)15(2)24(13-16-6-5-7-18(12-16)27-3)20(25)14-28-19-10-8-17(22)9-11-19/h5-12,15H,4,13-14H2,1-3H3,(H,23,26)/t15-/m1/s1. The highest BCUT2D eigenvalue weighted by Gasteiger charge is 2.25. The molecule has 2 rings (SSSR count). The van der Waals surface area contributed by atoms with Crippen LogP contribution in [0.3, 0.4) is 0 Å². The van der Waals surface area contributed by atoms with Gasteiger partial charge in [-0.15, -0.1) is 11.8 Å². The van der Waals surface area contributed by atoms with E-state index in [2.05, 4.69) is 5.32 Å². The fourth-order valence-corrected chi connectivity index (χ4v) is 3.54. The van der Waals surface area contributed by atoms with Gasteiger partial charge < -0.3 is 15.0 Å². The maximum absolute atomic E-state index is 13.0. The molecule has 0 unspecified atom stereocenters. The summed E-state index contributed by atoms with van der Waals surface area (Å²) in [7, 11) is 1.60. The van der Waals surface area contributed by atoms with Crippen LogP contribution in [0.1, 0.15) is 19.4 Å². The highest BCUT2D eigenvalue weighted by molar-refractivity contribution is 8.00. The topological polar surface area (TPSA) is 58.6 Å². The maximum atomic E-state index is 13.0. The third kappa shape index (κ3) is 6.46. The van der Waals surface area contributed by atoms with E-state index in [4.69, 9.17) is 16.3 Å². The van der Waals surface area contributed by atoms with Gasteiger partial charge in [0.1, 0.15) is 11.8 Å². The number of hydrogen-bond donors (Lipinski definition) is 1. The summed E-state index contributed by atoms with van der Waals surface area (Å²) >= 11 is 7.33. The second-order valence-electron chi connectivity index (χ2n) is 6.19. The van der Waals surface area contributed by atoms with Crippen LogP contribution in [0.4, 0.5) is 0 Å². The molecular formula is C21H25ClN2O3S. The lowest BCUT2D eigenvalue weighted by molar-refractivity contribution is -0.138. The molecule has 0 saturated heterocycles. The molecule has 0 saturated carbocycles. The number of likely N-dealkylation sites (N-methyl/N-ethyl adjacent to an activating group) is 1. The van der Waals surface area contributed by atoms with E-state index < -0.39 is 6.04 Å². The second kappa shape index (κ2) is 11.0. The Hall–Kier alpha value is -2.18. The van der Waals surface area contributed by atoms with Gasteiger partial charge in [-0.1, -0.05) is 23.7 Å². The first-order valence-corrected chi connectivity index (χ1v) is 10.4. The molecule has 0 radical (unpaired) electrons. The van der Waals surface area contributed by atoms with E-state index in [1.807, 2.05) is 43.3 Å². The third-order valence-electron chi connectivity index (χ3n) is 4.18. The monoisotopic (exact) mass is 420 g/mol. The van der Waals surface area contributed by atoms with Crippen molar-refractivity contribution in [3.05, 3.63) is 59.1 Å². The van der Waals surface area contributed by atoms with Gasteiger partial charge in [-0.05, 0) is 55.8 Å². The molecule has 1 atom stereocenters. The van der Waals surface area contributed by atoms with E-state index in [0.717, 1.165) is 10.5 Å². The molecule has 5 nitrogen and oxygen atoms in total. The molecule has 0 aliphatic carbocycles. The number of halogens is 1. The van der Waals surface area contributed by atoms with Crippen LogP contribution in [0.25, 0.3) is 0 Å². The van der Waals surface area contributed by atoms with Crippen molar-refractivity contribution in [2.75, 3.05) is 19.4 Å². The van der Waals surface area contributed by atoms with Crippen molar-refractivity contribution in [3.63, 3.8) is 0 Å². The molecule has 28 heavy (non-hydrogen) atoms. The average molecular weight is 421 g/mol. The van der Waals surface area contributed by atoms with Crippen molar-refractivity contribution in [2.24, 2.45) is 0 Å². The van der Waals surface area contributed by atoms with Crippen LogP contribution in [0.5, 0.6) is 5.75 Å². The van der Waals surface area contributed by atoms with E-state index in [-0.39, 0.29) is 17.6 Å². The number of benzene rings is 2. The van der Waals surface area contributed by atoms with Crippen molar-refractivity contribution in [2.45, 2.75) is 31.3 Å². The molecule has 7 heteroatoms. The molecule has 0 bridgehead atoms. The Labute approximate surface area is 175 Å². The zero-order valence-corrected chi connectivity index (χ0v) is 17.8. The molecule has 0 spiro atoms. The summed E-state index contributed by atoms with van der Waals surface area (Å²) in [4.78, 5) is 27.9. The highest BCUT2D eigenvalue weighted by Crippen LogP contribution is 2.22.